The van der Waals surface area contributed by atoms with Crippen LogP contribution in [-0.2, 0) is 16.6 Å². The standard InChI is InChI=1S/C26H27N3O3S/c1-4-16-29(18-22-10-8-21(17-27)9-11-22)26(30)23-12-14-24(15-13-23)33(31,32)28-25-7-5-6-19(2)20(25)3/h5-15,28H,4,16,18H2,1-3H3. The van der Waals surface area contributed by atoms with Crippen LogP contribution < -0.4 is 4.72 Å². The lowest BCUT2D eigenvalue weighted by Gasteiger charge is -2.22. The van der Waals surface area contributed by atoms with Crippen LogP contribution in [0, 0.1) is 25.2 Å². The number of anilines is 1. The third-order valence-electron chi connectivity index (χ3n) is 5.50. The second-order valence-electron chi connectivity index (χ2n) is 7.91. The molecule has 0 radical (unpaired) electrons. The molecule has 33 heavy (non-hydrogen) atoms. The van der Waals surface area contributed by atoms with E-state index in [9.17, 15) is 13.2 Å². The lowest BCUT2D eigenvalue weighted by Crippen LogP contribution is -2.31. The third kappa shape index (κ3) is 5.79. The maximum atomic E-state index is 13.1. The minimum Gasteiger partial charge on any atom is -0.334 e. The van der Waals surface area contributed by atoms with E-state index in [0.717, 1.165) is 23.1 Å². The Bertz CT molecular complexity index is 1280. The zero-order valence-electron chi connectivity index (χ0n) is 19.0. The predicted molar refractivity (Wildman–Crippen MR) is 129 cm³/mol. The van der Waals surface area contributed by atoms with Gasteiger partial charge in [-0.25, -0.2) is 8.42 Å². The van der Waals surface area contributed by atoms with Gasteiger partial charge in [-0.2, -0.15) is 5.26 Å². The van der Waals surface area contributed by atoms with Crippen LogP contribution in [0.1, 0.15) is 46.0 Å². The van der Waals surface area contributed by atoms with Crippen LogP contribution in [0.5, 0.6) is 0 Å². The number of nitrogens with one attached hydrogen (secondary N) is 1. The summed E-state index contributed by atoms with van der Waals surface area (Å²) >= 11 is 0. The molecule has 0 bridgehead atoms. The number of sulfonamides is 1. The average molecular weight is 462 g/mol. The quantitative estimate of drug-likeness (QED) is 0.509. The largest absolute Gasteiger partial charge is 0.334 e. The molecular weight excluding hydrogens is 434 g/mol. The van der Waals surface area contributed by atoms with Crippen LogP contribution in [0.4, 0.5) is 5.69 Å². The number of nitriles is 1. The van der Waals surface area contributed by atoms with Gasteiger partial charge in [0.1, 0.15) is 0 Å². The summed E-state index contributed by atoms with van der Waals surface area (Å²) in [6.07, 6.45) is 0.786. The number of aryl methyl sites for hydroxylation is 1. The first-order valence-electron chi connectivity index (χ1n) is 10.7. The van der Waals surface area contributed by atoms with Crippen molar-refractivity contribution < 1.29 is 13.2 Å². The number of benzene rings is 3. The van der Waals surface area contributed by atoms with Crippen molar-refractivity contribution in [3.8, 4) is 6.07 Å². The number of hydrogen-bond acceptors (Lipinski definition) is 4. The van der Waals surface area contributed by atoms with Crippen LogP contribution >= 0.6 is 0 Å². The number of carbonyl (C=O) groups excluding carboxylic acids is 1. The van der Waals surface area contributed by atoms with Gasteiger partial charge in [0.2, 0.25) is 0 Å². The molecule has 170 valence electrons. The Balaban J connectivity index is 1.78. The zero-order valence-corrected chi connectivity index (χ0v) is 19.8. The Hall–Kier alpha value is -3.63. The summed E-state index contributed by atoms with van der Waals surface area (Å²) in [5.41, 5.74) is 4.31. The van der Waals surface area contributed by atoms with Crippen molar-refractivity contribution in [2.75, 3.05) is 11.3 Å². The maximum absolute atomic E-state index is 13.1. The van der Waals surface area contributed by atoms with Gasteiger partial charge in [-0.15, -0.1) is 0 Å². The first kappa shape index (κ1) is 24.0. The molecule has 1 amide bonds. The summed E-state index contributed by atoms with van der Waals surface area (Å²) in [4.78, 5) is 14.9. The molecule has 0 spiro atoms. The predicted octanol–water partition coefficient (Wildman–Crippen LogP) is 5.03. The molecule has 3 rings (SSSR count). The Morgan fingerprint density at radius 3 is 2.27 bits per heavy atom. The van der Waals surface area contributed by atoms with E-state index in [2.05, 4.69) is 10.8 Å². The van der Waals surface area contributed by atoms with Crippen LogP contribution in [0.25, 0.3) is 0 Å². The zero-order chi connectivity index (χ0) is 24.0. The molecule has 7 heteroatoms. The Morgan fingerprint density at radius 1 is 1.00 bits per heavy atom. The van der Waals surface area contributed by atoms with Crippen molar-refractivity contribution in [2.24, 2.45) is 0 Å². The van der Waals surface area contributed by atoms with Gasteiger partial charge in [0, 0.05) is 18.7 Å². The van der Waals surface area contributed by atoms with E-state index in [0.29, 0.717) is 29.9 Å². The molecule has 0 saturated heterocycles. The first-order chi connectivity index (χ1) is 15.7. The summed E-state index contributed by atoms with van der Waals surface area (Å²) in [7, 11) is -3.78. The molecular formula is C26H27N3O3S. The average Bonchev–Trinajstić information content (AvgIpc) is 2.82. The lowest BCUT2D eigenvalue weighted by molar-refractivity contribution is 0.0743. The highest BCUT2D eigenvalue weighted by Crippen LogP contribution is 2.22. The molecule has 0 aliphatic rings. The van der Waals surface area contributed by atoms with Crippen molar-refractivity contribution in [1.82, 2.24) is 4.90 Å². The summed E-state index contributed by atoms with van der Waals surface area (Å²) in [6, 6.07) is 20.7. The maximum Gasteiger partial charge on any atom is 0.261 e. The number of amides is 1. The molecule has 3 aromatic rings. The van der Waals surface area contributed by atoms with Crippen LogP contribution in [0.2, 0.25) is 0 Å². The molecule has 0 fully saturated rings. The molecule has 6 nitrogen and oxygen atoms in total. The molecule has 0 atom stereocenters. The molecule has 1 N–H and O–H groups in total. The second-order valence-corrected chi connectivity index (χ2v) is 9.60. The van der Waals surface area contributed by atoms with Gasteiger partial charge in [-0.3, -0.25) is 9.52 Å². The number of nitrogens with zero attached hydrogens (tertiary/aromatic N) is 2. The second kappa shape index (κ2) is 10.3. The van der Waals surface area contributed by atoms with Crippen molar-refractivity contribution in [3.63, 3.8) is 0 Å². The highest BCUT2D eigenvalue weighted by molar-refractivity contribution is 7.92. The molecule has 0 aliphatic heterocycles. The molecule has 3 aromatic carbocycles. The lowest BCUT2D eigenvalue weighted by atomic mass is 10.1. The van der Waals surface area contributed by atoms with E-state index < -0.39 is 10.0 Å². The van der Waals surface area contributed by atoms with Gasteiger partial charge < -0.3 is 4.90 Å². The molecule has 0 aromatic heterocycles. The molecule has 0 aliphatic carbocycles. The highest BCUT2D eigenvalue weighted by atomic mass is 32.2. The molecule has 0 unspecified atom stereocenters. The van der Waals surface area contributed by atoms with Gasteiger partial charge in [-0.05, 0) is 79.4 Å². The fourth-order valence-electron chi connectivity index (χ4n) is 3.45. The third-order valence-corrected chi connectivity index (χ3v) is 6.88. The van der Waals surface area contributed by atoms with Crippen LogP contribution in [0.15, 0.2) is 71.6 Å². The first-order valence-corrected chi connectivity index (χ1v) is 12.2. The van der Waals surface area contributed by atoms with Crippen molar-refractivity contribution in [3.05, 3.63) is 94.5 Å². The molecule has 0 heterocycles. The normalized spacial score (nSPS) is 11.0. The van der Waals surface area contributed by atoms with E-state index in [4.69, 9.17) is 5.26 Å². The number of carbonyl (C=O) groups is 1. The fraction of sp³-hybridized carbons (Fsp3) is 0.231. The molecule has 0 saturated carbocycles. The van der Waals surface area contributed by atoms with E-state index in [1.54, 1.807) is 41.3 Å². The van der Waals surface area contributed by atoms with Gasteiger partial charge in [0.05, 0.1) is 22.2 Å². The monoisotopic (exact) mass is 461 g/mol. The SMILES string of the molecule is CCCN(Cc1ccc(C#N)cc1)C(=O)c1ccc(S(=O)(=O)Nc2cccc(C)c2C)cc1. The summed E-state index contributed by atoms with van der Waals surface area (Å²) in [5, 5.41) is 8.96. The van der Waals surface area contributed by atoms with E-state index in [1.807, 2.05) is 39.0 Å². The Morgan fingerprint density at radius 2 is 1.67 bits per heavy atom. The number of rotatable bonds is 8. The fourth-order valence-corrected chi connectivity index (χ4v) is 4.57. The number of hydrogen-bond donors (Lipinski definition) is 1. The van der Waals surface area contributed by atoms with E-state index in [1.165, 1.54) is 12.1 Å². The van der Waals surface area contributed by atoms with Gasteiger partial charge in [0.25, 0.3) is 15.9 Å². The topological polar surface area (TPSA) is 90.3 Å². The smallest absolute Gasteiger partial charge is 0.261 e. The van der Waals surface area contributed by atoms with Crippen molar-refractivity contribution in [2.45, 2.75) is 38.6 Å². The minimum absolute atomic E-state index is 0.0917. The van der Waals surface area contributed by atoms with Gasteiger partial charge in [-0.1, -0.05) is 31.2 Å². The van der Waals surface area contributed by atoms with Crippen LogP contribution in [-0.4, -0.2) is 25.8 Å². The summed E-state index contributed by atoms with van der Waals surface area (Å²) in [5.74, 6) is -0.173. The van der Waals surface area contributed by atoms with Gasteiger partial charge >= 0.3 is 0 Å². The summed E-state index contributed by atoms with van der Waals surface area (Å²) in [6.45, 7) is 6.76. The van der Waals surface area contributed by atoms with Crippen molar-refractivity contribution in [1.29, 1.82) is 5.26 Å². The minimum atomic E-state index is -3.78. The van der Waals surface area contributed by atoms with E-state index in [-0.39, 0.29) is 10.8 Å². The van der Waals surface area contributed by atoms with E-state index >= 15 is 0 Å². The van der Waals surface area contributed by atoms with Gasteiger partial charge in [0.15, 0.2) is 0 Å². The Kier molecular flexibility index (Phi) is 7.52. The van der Waals surface area contributed by atoms with Crippen LogP contribution in [0.3, 0.4) is 0 Å². The Labute approximate surface area is 195 Å². The van der Waals surface area contributed by atoms with Crippen molar-refractivity contribution >= 4 is 21.6 Å². The highest BCUT2D eigenvalue weighted by Gasteiger charge is 2.19. The summed E-state index contributed by atoms with van der Waals surface area (Å²) < 4.78 is 28.3.